The average Bonchev–Trinajstić information content (AvgIpc) is 2.52. The summed E-state index contributed by atoms with van der Waals surface area (Å²) in [4.78, 5) is 12.2. The van der Waals surface area contributed by atoms with Crippen molar-refractivity contribution in [1.29, 1.82) is 0 Å². The van der Waals surface area contributed by atoms with E-state index in [-0.39, 0.29) is 5.91 Å². The quantitative estimate of drug-likeness (QED) is 0.865. The number of hydrogen-bond acceptors (Lipinski definition) is 3. The summed E-state index contributed by atoms with van der Waals surface area (Å²) in [5.74, 6) is -0.292. The van der Waals surface area contributed by atoms with Crippen LogP contribution in [0.4, 0.5) is 0 Å². The Morgan fingerprint density at radius 2 is 2.06 bits per heavy atom. The van der Waals surface area contributed by atoms with E-state index in [2.05, 4.69) is 21.0 Å². The Labute approximate surface area is 108 Å². The van der Waals surface area contributed by atoms with Crippen molar-refractivity contribution in [1.82, 2.24) is 5.01 Å². The third-order valence-corrected chi connectivity index (χ3v) is 3.13. The Kier molecular flexibility index (Phi) is 3.05. The first kappa shape index (κ1) is 12.3. The van der Waals surface area contributed by atoms with Crippen LogP contribution in [0.1, 0.15) is 30.6 Å². The lowest BCUT2D eigenvalue weighted by atomic mass is 10.1. The monoisotopic (exact) mass is 296 g/mol. The fourth-order valence-corrected chi connectivity index (χ4v) is 2.12. The van der Waals surface area contributed by atoms with Gasteiger partial charge in [0, 0.05) is 22.2 Å². The summed E-state index contributed by atoms with van der Waals surface area (Å²) in [7, 11) is 0. The van der Waals surface area contributed by atoms with Crippen LogP contribution in [0.15, 0.2) is 33.8 Å². The largest absolute Gasteiger partial charge is 0.369 e. The molecular weight excluding hydrogens is 284 g/mol. The molecule has 0 bridgehead atoms. The van der Waals surface area contributed by atoms with E-state index in [4.69, 9.17) is 0 Å². The van der Waals surface area contributed by atoms with Gasteiger partial charge >= 0.3 is 0 Å². The number of benzene rings is 1. The summed E-state index contributed by atoms with van der Waals surface area (Å²) in [5, 5.41) is 15.3. The molecule has 1 amide bonds. The Bertz CT molecular complexity index is 480. The maximum absolute atomic E-state index is 12.2. The van der Waals surface area contributed by atoms with Crippen molar-refractivity contribution in [2.24, 2.45) is 5.10 Å². The second kappa shape index (κ2) is 4.23. The summed E-state index contributed by atoms with van der Waals surface area (Å²) in [6.07, 6.45) is 0.384. The molecule has 1 aliphatic heterocycles. The van der Waals surface area contributed by atoms with Gasteiger partial charge in [0.25, 0.3) is 5.91 Å². The van der Waals surface area contributed by atoms with Crippen LogP contribution in [0.25, 0.3) is 0 Å². The predicted octanol–water partition coefficient (Wildman–Crippen LogP) is 2.38. The minimum atomic E-state index is -1.23. The lowest BCUT2D eigenvalue weighted by Gasteiger charge is -2.26. The Morgan fingerprint density at radius 3 is 2.53 bits per heavy atom. The van der Waals surface area contributed by atoms with Crippen molar-refractivity contribution in [2.45, 2.75) is 26.0 Å². The van der Waals surface area contributed by atoms with Gasteiger partial charge in [0.2, 0.25) is 0 Å². The second-order valence-electron chi connectivity index (χ2n) is 4.35. The average molecular weight is 297 g/mol. The highest BCUT2D eigenvalue weighted by molar-refractivity contribution is 9.10. The standard InChI is InChI=1S/C12H13BrN2O2/c1-8-7-12(2,17)15(14-8)11(16)9-3-5-10(13)6-4-9/h3-6,17H,7H2,1-2H3. The van der Waals surface area contributed by atoms with Crippen LogP contribution in [0.2, 0.25) is 0 Å². The van der Waals surface area contributed by atoms with Gasteiger partial charge in [-0.15, -0.1) is 0 Å². The topological polar surface area (TPSA) is 52.9 Å². The van der Waals surface area contributed by atoms with E-state index in [1.165, 1.54) is 0 Å². The van der Waals surface area contributed by atoms with Gasteiger partial charge in [-0.1, -0.05) is 15.9 Å². The first-order valence-corrected chi connectivity index (χ1v) is 6.06. The molecule has 17 heavy (non-hydrogen) atoms. The number of nitrogens with zero attached hydrogens (tertiary/aromatic N) is 2. The Morgan fingerprint density at radius 1 is 1.47 bits per heavy atom. The molecule has 4 nitrogen and oxygen atoms in total. The molecule has 1 aromatic rings. The third kappa shape index (κ3) is 2.40. The summed E-state index contributed by atoms with van der Waals surface area (Å²) < 4.78 is 0.905. The van der Waals surface area contributed by atoms with Gasteiger partial charge in [0.15, 0.2) is 5.72 Å². The van der Waals surface area contributed by atoms with Crippen molar-refractivity contribution in [3.63, 3.8) is 0 Å². The zero-order valence-corrected chi connectivity index (χ0v) is 11.2. The van der Waals surface area contributed by atoms with Crippen LogP contribution in [-0.4, -0.2) is 27.5 Å². The van der Waals surface area contributed by atoms with Gasteiger partial charge in [0.05, 0.1) is 0 Å². The van der Waals surface area contributed by atoms with Gasteiger partial charge in [0.1, 0.15) is 0 Å². The van der Waals surface area contributed by atoms with Crippen molar-refractivity contribution in [3.8, 4) is 0 Å². The lowest BCUT2D eigenvalue weighted by molar-refractivity contribution is -0.0553. The van der Waals surface area contributed by atoms with E-state index >= 15 is 0 Å². The minimum Gasteiger partial charge on any atom is -0.369 e. The Hall–Kier alpha value is -1.20. The number of rotatable bonds is 1. The SMILES string of the molecule is CC1=NN(C(=O)c2ccc(Br)cc2)C(C)(O)C1. The molecule has 0 aliphatic carbocycles. The van der Waals surface area contributed by atoms with Crippen molar-refractivity contribution >= 4 is 27.5 Å². The van der Waals surface area contributed by atoms with Crippen LogP contribution >= 0.6 is 15.9 Å². The molecule has 90 valence electrons. The van der Waals surface area contributed by atoms with Crippen molar-refractivity contribution in [3.05, 3.63) is 34.3 Å². The molecule has 1 unspecified atom stereocenters. The first-order chi connectivity index (χ1) is 7.90. The van der Waals surface area contributed by atoms with Gasteiger partial charge in [-0.3, -0.25) is 4.79 Å². The maximum Gasteiger partial charge on any atom is 0.276 e. The number of amides is 1. The van der Waals surface area contributed by atoms with E-state index in [1.54, 1.807) is 38.1 Å². The van der Waals surface area contributed by atoms with E-state index in [0.717, 1.165) is 15.2 Å². The zero-order valence-electron chi connectivity index (χ0n) is 9.64. The molecule has 0 saturated heterocycles. The normalized spacial score (nSPS) is 23.8. The van der Waals surface area contributed by atoms with Crippen molar-refractivity contribution < 1.29 is 9.90 Å². The van der Waals surface area contributed by atoms with E-state index < -0.39 is 5.72 Å². The molecule has 0 radical (unpaired) electrons. The van der Waals surface area contributed by atoms with Gasteiger partial charge < -0.3 is 5.11 Å². The number of carbonyl (C=O) groups excluding carboxylic acids is 1. The number of hydrazone groups is 1. The summed E-state index contributed by atoms with van der Waals surface area (Å²) in [5.41, 5.74) is 0.0289. The summed E-state index contributed by atoms with van der Waals surface area (Å²) in [6.45, 7) is 3.38. The molecule has 0 saturated carbocycles. The maximum atomic E-state index is 12.2. The molecule has 1 aromatic carbocycles. The molecule has 1 heterocycles. The van der Waals surface area contributed by atoms with Crippen molar-refractivity contribution in [2.75, 3.05) is 0 Å². The zero-order chi connectivity index (χ0) is 12.6. The highest BCUT2D eigenvalue weighted by Gasteiger charge is 2.39. The number of halogens is 1. The fourth-order valence-electron chi connectivity index (χ4n) is 1.85. The highest BCUT2D eigenvalue weighted by Crippen LogP contribution is 2.26. The molecule has 5 heteroatoms. The predicted molar refractivity (Wildman–Crippen MR) is 68.7 cm³/mol. The fraction of sp³-hybridized carbons (Fsp3) is 0.333. The highest BCUT2D eigenvalue weighted by atomic mass is 79.9. The molecule has 1 N–H and O–H groups in total. The molecule has 0 aromatic heterocycles. The van der Waals surface area contributed by atoms with E-state index in [0.29, 0.717) is 12.0 Å². The first-order valence-electron chi connectivity index (χ1n) is 5.27. The molecule has 0 spiro atoms. The van der Waals surface area contributed by atoms with Gasteiger partial charge in [-0.25, -0.2) is 0 Å². The molecular formula is C12H13BrN2O2. The molecule has 2 rings (SSSR count). The van der Waals surface area contributed by atoms with Crippen LogP contribution < -0.4 is 0 Å². The molecule has 1 atom stereocenters. The van der Waals surface area contributed by atoms with Gasteiger partial charge in [-0.05, 0) is 38.1 Å². The number of carbonyl (C=O) groups is 1. The minimum absolute atomic E-state index is 0.292. The van der Waals surface area contributed by atoms with Crippen LogP contribution in [0, 0.1) is 0 Å². The smallest absolute Gasteiger partial charge is 0.276 e. The number of aliphatic hydroxyl groups is 1. The van der Waals surface area contributed by atoms with E-state index in [1.807, 2.05) is 0 Å². The van der Waals surface area contributed by atoms with E-state index in [9.17, 15) is 9.90 Å². The lowest BCUT2D eigenvalue weighted by Crippen LogP contribution is -2.43. The Balaban J connectivity index is 2.29. The summed E-state index contributed by atoms with van der Waals surface area (Å²) >= 11 is 3.31. The molecule has 0 fully saturated rings. The molecule has 1 aliphatic rings. The third-order valence-electron chi connectivity index (χ3n) is 2.60. The van der Waals surface area contributed by atoms with Gasteiger partial charge in [-0.2, -0.15) is 10.1 Å². The van der Waals surface area contributed by atoms with Crippen LogP contribution in [0.5, 0.6) is 0 Å². The van der Waals surface area contributed by atoms with Crippen LogP contribution in [0.3, 0.4) is 0 Å². The summed E-state index contributed by atoms with van der Waals surface area (Å²) in [6, 6.07) is 6.97. The second-order valence-corrected chi connectivity index (χ2v) is 5.27. The number of hydrogen-bond donors (Lipinski definition) is 1. The van der Waals surface area contributed by atoms with Crippen LogP contribution in [-0.2, 0) is 0 Å².